The molecule has 1 fully saturated rings. The SMILES string of the molecule is O=C(O)CCC1CCN(C(=O)c2c(F)cccc2Br)CC1. The summed E-state index contributed by atoms with van der Waals surface area (Å²) in [6, 6.07) is 4.47. The molecule has 0 aliphatic carbocycles. The van der Waals surface area contributed by atoms with Gasteiger partial charge >= 0.3 is 5.97 Å². The van der Waals surface area contributed by atoms with Crippen LogP contribution in [0.4, 0.5) is 4.39 Å². The number of carbonyl (C=O) groups excluding carboxylic acids is 1. The minimum absolute atomic E-state index is 0.0708. The molecular formula is C15H17BrFNO3. The predicted octanol–water partition coefficient (Wildman–Crippen LogP) is 3.31. The molecule has 0 aromatic heterocycles. The van der Waals surface area contributed by atoms with Crippen molar-refractivity contribution in [2.45, 2.75) is 25.7 Å². The second kappa shape index (κ2) is 7.02. The molecule has 1 amide bonds. The summed E-state index contributed by atoms with van der Waals surface area (Å²) in [5.74, 6) is -1.29. The van der Waals surface area contributed by atoms with Crippen molar-refractivity contribution < 1.29 is 19.1 Å². The molecule has 0 unspecified atom stereocenters. The highest BCUT2D eigenvalue weighted by Crippen LogP contribution is 2.26. The summed E-state index contributed by atoms with van der Waals surface area (Å²) < 4.78 is 14.3. The zero-order valence-electron chi connectivity index (χ0n) is 11.5. The molecule has 1 N–H and O–H groups in total. The lowest BCUT2D eigenvalue weighted by atomic mass is 9.92. The van der Waals surface area contributed by atoms with E-state index in [4.69, 9.17) is 5.11 Å². The molecule has 21 heavy (non-hydrogen) atoms. The average molecular weight is 358 g/mol. The van der Waals surface area contributed by atoms with Crippen molar-refractivity contribution in [2.75, 3.05) is 13.1 Å². The molecule has 1 aliphatic heterocycles. The molecule has 1 aliphatic rings. The fourth-order valence-electron chi connectivity index (χ4n) is 2.61. The number of carbonyl (C=O) groups is 2. The van der Waals surface area contributed by atoms with E-state index >= 15 is 0 Å². The standard InChI is InChI=1S/C15H17BrFNO3/c16-11-2-1-3-12(17)14(11)15(21)18-8-6-10(7-9-18)4-5-13(19)20/h1-3,10H,4-9H2,(H,19,20). The van der Waals surface area contributed by atoms with Gasteiger partial charge < -0.3 is 10.0 Å². The fraction of sp³-hybridized carbons (Fsp3) is 0.467. The number of nitrogens with zero attached hydrogens (tertiary/aromatic N) is 1. The lowest BCUT2D eigenvalue weighted by Gasteiger charge is -2.32. The molecule has 0 bridgehead atoms. The van der Waals surface area contributed by atoms with Crippen LogP contribution in [0.3, 0.4) is 0 Å². The zero-order chi connectivity index (χ0) is 15.4. The Hall–Kier alpha value is -1.43. The maximum atomic E-state index is 13.8. The largest absolute Gasteiger partial charge is 0.481 e. The molecule has 0 saturated carbocycles. The lowest BCUT2D eigenvalue weighted by Crippen LogP contribution is -2.39. The highest BCUT2D eigenvalue weighted by Gasteiger charge is 2.26. The molecule has 1 saturated heterocycles. The number of piperidine rings is 1. The van der Waals surface area contributed by atoms with E-state index in [0.717, 1.165) is 12.8 Å². The van der Waals surface area contributed by atoms with Crippen molar-refractivity contribution in [3.8, 4) is 0 Å². The summed E-state index contributed by atoms with van der Waals surface area (Å²) in [7, 11) is 0. The molecule has 0 atom stereocenters. The summed E-state index contributed by atoms with van der Waals surface area (Å²) in [5.41, 5.74) is 0.0708. The van der Waals surface area contributed by atoms with E-state index in [1.165, 1.54) is 6.07 Å². The van der Waals surface area contributed by atoms with Gasteiger partial charge in [-0.25, -0.2) is 4.39 Å². The van der Waals surface area contributed by atoms with Crippen LogP contribution in [-0.2, 0) is 4.79 Å². The van der Waals surface area contributed by atoms with Crippen LogP contribution in [-0.4, -0.2) is 35.0 Å². The van der Waals surface area contributed by atoms with E-state index in [9.17, 15) is 14.0 Å². The third-order valence-corrected chi connectivity index (χ3v) is 4.51. The lowest BCUT2D eigenvalue weighted by molar-refractivity contribution is -0.137. The summed E-state index contributed by atoms with van der Waals surface area (Å²) >= 11 is 3.21. The number of aliphatic carboxylic acids is 1. The van der Waals surface area contributed by atoms with Crippen molar-refractivity contribution in [3.05, 3.63) is 34.1 Å². The molecule has 4 nitrogen and oxygen atoms in total. The highest BCUT2D eigenvalue weighted by molar-refractivity contribution is 9.10. The normalized spacial score (nSPS) is 16.0. The van der Waals surface area contributed by atoms with Gasteiger partial charge in [0.25, 0.3) is 5.91 Å². The van der Waals surface area contributed by atoms with E-state index in [2.05, 4.69) is 15.9 Å². The van der Waals surface area contributed by atoms with Gasteiger partial charge in [-0.05, 0) is 53.2 Å². The Morgan fingerprint density at radius 1 is 1.33 bits per heavy atom. The predicted molar refractivity (Wildman–Crippen MR) is 79.6 cm³/mol. The summed E-state index contributed by atoms with van der Waals surface area (Å²) in [6.45, 7) is 1.09. The highest BCUT2D eigenvalue weighted by atomic mass is 79.9. The Morgan fingerprint density at radius 3 is 2.57 bits per heavy atom. The minimum atomic E-state index is -0.788. The fourth-order valence-corrected chi connectivity index (χ4v) is 3.12. The van der Waals surface area contributed by atoms with Gasteiger partial charge in [-0.2, -0.15) is 0 Å². The van der Waals surface area contributed by atoms with Crippen LogP contribution in [0.1, 0.15) is 36.0 Å². The van der Waals surface area contributed by atoms with Gasteiger partial charge in [0.15, 0.2) is 0 Å². The number of rotatable bonds is 4. The van der Waals surface area contributed by atoms with Crippen molar-refractivity contribution in [2.24, 2.45) is 5.92 Å². The van der Waals surface area contributed by atoms with Gasteiger partial charge in [0.05, 0.1) is 5.56 Å². The monoisotopic (exact) mass is 357 g/mol. The maximum Gasteiger partial charge on any atom is 0.303 e. The molecule has 114 valence electrons. The van der Waals surface area contributed by atoms with Crippen LogP contribution >= 0.6 is 15.9 Å². The molecule has 2 rings (SSSR count). The second-order valence-electron chi connectivity index (χ2n) is 5.26. The first-order valence-electron chi connectivity index (χ1n) is 6.94. The molecular weight excluding hydrogens is 341 g/mol. The number of carboxylic acid groups (broad SMARTS) is 1. The van der Waals surface area contributed by atoms with Crippen LogP contribution in [0.5, 0.6) is 0 Å². The summed E-state index contributed by atoms with van der Waals surface area (Å²) in [4.78, 5) is 24.6. The van der Waals surface area contributed by atoms with E-state index < -0.39 is 11.8 Å². The topological polar surface area (TPSA) is 57.6 Å². The van der Waals surface area contributed by atoms with Gasteiger partial charge in [0.2, 0.25) is 0 Å². The first-order chi connectivity index (χ1) is 9.99. The Morgan fingerprint density at radius 2 is 2.00 bits per heavy atom. The third-order valence-electron chi connectivity index (χ3n) is 3.84. The van der Waals surface area contributed by atoms with Crippen molar-refractivity contribution in [3.63, 3.8) is 0 Å². The second-order valence-corrected chi connectivity index (χ2v) is 6.12. The van der Waals surface area contributed by atoms with Crippen LogP contribution in [0.15, 0.2) is 22.7 Å². The first-order valence-corrected chi connectivity index (χ1v) is 7.73. The minimum Gasteiger partial charge on any atom is -0.481 e. The quantitative estimate of drug-likeness (QED) is 0.899. The molecule has 1 aromatic rings. The number of halogens is 2. The summed E-state index contributed by atoms with van der Waals surface area (Å²) in [6.07, 6.45) is 2.34. The third kappa shape index (κ3) is 4.03. The zero-order valence-corrected chi connectivity index (χ0v) is 13.1. The molecule has 1 heterocycles. The van der Waals surface area contributed by atoms with Crippen LogP contribution < -0.4 is 0 Å². The summed E-state index contributed by atoms with van der Waals surface area (Å²) in [5, 5.41) is 8.68. The van der Waals surface area contributed by atoms with E-state index in [1.807, 2.05) is 0 Å². The Labute approximate surface area is 131 Å². The Kier molecular flexibility index (Phi) is 5.33. The number of benzene rings is 1. The Bertz CT molecular complexity index is 521. The molecule has 6 heteroatoms. The average Bonchev–Trinajstić information content (AvgIpc) is 2.45. The van der Waals surface area contributed by atoms with E-state index in [1.54, 1.807) is 17.0 Å². The Balaban J connectivity index is 1.96. The van der Waals surface area contributed by atoms with E-state index in [0.29, 0.717) is 29.9 Å². The first kappa shape index (κ1) is 15.9. The van der Waals surface area contributed by atoms with E-state index in [-0.39, 0.29) is 17.9 Å². The van der Waals surface area contributed by atoms with Gasteiger partial charge in [-0.1, -0.05) is 6.07 Å². The number of carboxylic acids is 1. The smallest absolute Gasteiger partial charge is 0.303 e. The molecule has 0 radical (unpaired) electrons. The van der Waals surface area contributed by atoms with Gasteiger partial charge in [-0.15, -0.1) is 0 Å². The number of amides is 1. The molecule has 1 aromatic carbocycles. The van der Waals surface area contributed by atoms with Crippen LogP contribution in [0.25, 0.3) is 0 Å². The van der Waals surface area contributed by atoms with Crippen molar-refractivity contribution in [1.29, 1.82) is 0 Å². The number of likely N-dealkylation sites (tertiary alicyclic amines) is 1. The van der Waals surface area contributed by atoms with Gasteiger partial charge in [0, 0.05) is 24.0 Å². The number of hydrogen-bond acceptors (Lipinski definition) is 2. The van der Waals surface area contributed by atoms with Crippen molar-refractivity contribution >= 4 is 27.8 Å². The number of hydrogen-bond donors (Lipinski definition) is 1. The van der Waals surface area contributed by atoms with Crippen molar-refractivity contribution in [1.82, 2.24) is 4.90 Å². The maximum absolute atomic E-state index is 13.8. The van der Waals surface area contributed by atoms with Crippen LogP contribution in [0.2, 0.25) is 0 Å². The van der Waals surface area contributed by atoms with Gasteiger partial charge in [-0.3, -0.25) is 9.59 Å². The van der Waals surface area contributed by atoms with Crippen LogP contribution in [0, 0.1) is 11.7 Å². The molecule has 0 spiro atoms. The van der Waals surface area contributed by atoms with Gasteiger partial charge in [0.1, 0.15) is 5.82 Å².